The molecule has 0 spiro atoms. The smallest absolute Gasteiger partial charge is 0.332 e. The summed E-state index contributed by atoms with van der Waals surface area (Å²) in [6, 6.07) is 11.0. The molecular formula is C27H32N8O3. The van der Waals surface area contributed by atoms with Gasteiger partial charge in [-0.2, -0.15) is 4.98 Å². The van der Waals surface area contributed by atoms with E-state index in [1.807, 2.05) is 57.2 Å². The number of fused-ring (bicyclic) bond motifs is 1. The van der Waals surface area contributed by atoms with E-state index in [4.69, 9.17) is 4.74 Å². The molecule has 2 aromatic heterocycles. The van der Waals surface area contributed by atoms with Crippen LogP contribution in [0.3, 0.4) is 0 Å². The SMILES string of the molecule is C=CC(=O)Nc1cc(Nc2nccc(-n3c(=O)[nH]c4cc(C)ccc43)n2)c(OC)cc1N(C)CCN(C)C. The zero-order chi connectivity index (χ0) is 27.4. The van der Waals surface area contributed by atoms with Crippen LogP contribution in [0.2, 0.25) is 0 Å². The highest BCUT2D eigenvalue weighted by atomic mass is 16.5. The maximum absolute atomic E-state index is 12.7. The Hall–Kier alpha value is -4.64. The van der Waals surface area contributed by atoms with Crippen molar-refractivity contribution in [1.82, 2.24) is 24.4 Å². The molecular weight excluding hydrogens is 484 g/mol. The van der Waals surface area contributed by atoms with Crippen LogP contribution in [-0.4, -0.2) is 71.7 Å². The van der Waals surface area contributed by atoms with Gasteiger partial charge in [-0.25, -0.2) is 14.3 Å². The fraction of sp³-hybridized carbons (Fsp3) is 0.259. The van der Waals surface area contributed by atoms with Crippen molar-refractivity contribution in [2.75, 3.05) is 56.9 Å². The average Bonchev–Trinajstić information content (AvgIpc) is 3.22. The number of nitrogens with one attached hydrogen (secondary N) is 3. The number of anilines is 4. The fourth-order valence-electron chi connectivity index (χ4n) is 4.01. The molecule has 4 rings (SSSR count). The van der Waals surface area contributed by atoms with Gasteiger partial charge in [0.05, 0.1) is 35.2 Å². The molecule has 0 atom stereocenters. The summed E-state index contributed by atoms with van der Waals surface area (Å²) in [4.78, 5) is 40.9. The minimum absolute atomic E-state index is 0.254. The van der Waals surface area contributed by atoms with Crippen molar-refractivity contribution in [3.63, 3.8) is 0 Å². The minimum Gasteiger partial charge on any atom is -0.494 e. The van der Waals surface area contributed by atoms with E-state index < -0.39 is 0 Å². The molecule has 0 saturated heterocycles. The van der Waals surface area contributed by atoms with Crippen molar-refractivity contribution in [2.45, 2.75) is 6.92 Å². The first-order chi connectivity index (χ1) is 18.2. The maximum atomic E-state index is 12.7. The predicted octanol–water partition coefficient (Wildman–Crippen LogP) is 3.29. The number of H-pyrrole nitrogens is 1. The van der Waals surface area contributed by atoms with Crippen LogP contribution in [0, 0.1) is 6.92 Å². The van der Waals surface area contributed by atoms with E-state index in [0.717, 1.165) is 29.9 Å². The van der Waals surface area contributed by atoms with Gasteiger partial charge in [-0.1, -0.05) is 12.6 Å². The largest absolute Gasteiger partial charge is 0.494 e. The Morgan fingerprint density at radius 2 is 1.95 bits per heavy atom. The van der Waals surface area contributed by atoms with Gasteiger partial charge >= 0.3 is 5.69 Å². The second-order valence-corrected chi connectivity index (χ2v) is 9.14. The Kier molecular flexibility index (Phi) is 7.77. The number of amides is 1. The third-order valence-electron chi connectivity index (χ3n) is 6.01. The molecule has 0 radical (unpaired) electrons. The molecule has 11 nitrogen and oxygen atoms in total. The van der Waals surface area contributed by atoms with Crippen LogP contribution in [0.25, 0.3) is 16.9 Å². The van der Waals surface area contributed by atoms with E-state index in [2.05, 4.69) is 37.1 Å². The summed E-state index contributed by atoms with van der Waals surface area (Å²) in [5, 5.41) is 6.05. The molecule has 0 unspecified atom stereocenters. The molecule has 198 valence electrons. The van der Waals surface area contributed by atoms with Crippen molar-refractivity contribution in [3.05, 3.63) is 71.3 Å². The van der Waals surface area contributed by atoms with Gasteiger partial charge in [-0.15, -0.1) is 0 Å². The van der Waals surface area contributed by atoms with E-state index in [1.165, 1.54) is 10.6 Å². The molecule has 2 aromatic carbocycles. The van der Waals surface area contributed by atoms with Crippen LogP contribution in [-0.2, 0) is 4.79 Å². The predicted molar refractivity (Wildman–Crippen MR) is 151 cm³/mol. The number of benzene rings is 2. The number of hydrogen-bond acceptors (Lipinski definition) is 8. The molecule has 0 fully saturated rings. The third kappa shape index (κ3) is 5.68. The van der Waals surface area contributed by atoms with Crippen molar-refractivity contribution < 1.29 is 9.53 Å². The lowest BCUT2D eigenvalue weighted by Crippen LogP contribution is -2.29. The van der Waals surface area contributed by atoms with E-state index in [-0.39, 0.29) is 17.5 Å². The summed E-state index contributed by atoms with van der Waals surface area (Å²) >= 11 is 0. The summed E-state index contributed by atoms with van der Waals surface area (Å²) in [6.45, 7) is 7.07. The summed E-state index contributed by atoms with van der Waals surface area (Å²) in [5.74, 6) is 0.850. The molecule has 1 amide bonds. The third-order valence-corrected chi connectivity index (χ3v) is 6.01. The molecule has 0 bridgehead atoms. The Balaban J connectivity index is 1.72. The van der Waals surface area contributed by atoms with Crippen molar-refractivity contribution in [1.29, 1.82) is 0 Å². The zero-order valence-corrected chi connectivity index (χ0v) is 22.2. The minimum atomic E-state index is -0.337. The molecule has 11 heteroatoms. The van der Waals surface area contributed by atoms with Crippen LogP contribution in [0.5, 0.6) is 5.75 Å². The number of likely N-dealkylation sites (N-methyl/N-ethyl adjacent to an activating group) is 2. The van der Waals surface area contributed by atoms with Crippen LogP contribution in [0.1, 0.15) is 5.56 Å². The van der Waals surface area contributed by atoms with Gasteiger partial charge < -0.3 is 30.2 Å². The number of aryl methyl sites for hydroxylation is 1. The van der Waals surface area contributed by atoms with Crippen LogP contribution < -0.4 is 26.0 Å². The van der Waals surface area contributed by atoms with Crippen LogP contribution in [0.4, 0.5) is 23.0 Å². The molecule has 38 heavy (non-hydrogen) atoms. The lowest BCUT2D eigenvalue weighted by atomic mass is 10.2. The molecule has 2 heterocycles. The first kappa shape index (κ1) is 26.4. The highest BCUT2D eigenvalue weighted by molar-refractivity contribution is 6.02. The van der Waals surface area contributed by atoms with Gasteiger partial charge in [0.1, 0.15) is 11.6 Å². The number of imidazole rings is 1. The summed E-state index contributed by atoms with van der Waals surface area (Å²) in [7, 11) is 7.52. The highest BCUT2D eigenvalue weighted by Gasteiger charge is 2.17. The highest BCUT2D eigenvalue weighted by Crippen LogP contribution is 2.38. The van der Waals surface area contributed by atoms with Crippen molar-refractivity contribution >= 4 is 40.0 Å². The Morgan fingerprint density at radius 1 is 1.16 bits per heavy atom. The van der Waals surface area contributed by atoms with E-state index in [0.29, 0.717) is 28.5 Å². The van der Waals surface area contributed by atoms with Gasteiger partial charge in [0.15, 0.2) is 0 Å². The first-order valence-corrected chi connectivity index (χ1v) is 12.0. The number of aromatic amines is 1. The van der Waals surface area contributed by atoms with E-state index >= 15 is 0 Å². The Morgan fingerprint density at radius 3 is 2.66 bits per heavy atom. The number of hydrogen-bond donors (Lipinski definition) is 3. The first-order valence-electron chi connectivity index (χ1n) is 12.0. The number of carbonyl (C=O) groups excluding carboxylic acids is 1. The second-order valence-electron chi connectivity index (χ2n) is 9.14. The molecule has 0 aliphatic carbocycles. The van der Waals surface area contributed by atoms with Gasteiger partial charge in [0.2, 0.25) is 11.9 Å². The maximum Gasteiger partial charge on any atom is 0.332 e. The lowest BCUT2D eigenvalue weighted by Gasteiger charge is -2.26. The number of nitrogens with zero attached hydrogens (tertiary/aromatic N) is 5. The molecule has 3 N–H and O–H groups in total. The number of ether oxygens (including phenoxy) is 1. The van der Waals surface area contributed by atoms with Crippen LogP contribution in [0.15, 0.2) is 60.0 Å². The lowest BCUT2D eigenvalue weighted by molar-refractivity contribution is -0.111. The Labute approximate surface area is 220 Å². The van der Waals surface area contributed by atoms with Crippen molar-refractivity contribution in [2.24, 2.45) is 0 Å². The zero-order valence-electron chi connectivity index (χ0n) is 22.2. The topological polar surface area (TPSA) is 120 Å². The van der Waals surface area contributed by atoms with Gasteiger partial charge in [-0.3, -0.25) is 4.79 Å². The standard InChI is InChI=1S/C27H32N8O3/c1-7-25(36)29-19-15-20(23(38-6)16-22(19)34(5)13-12-33(3)4)30-26-28-11-10-24(32-26)35-21-9-8-17(2)14-18(21)31-27(35)37/h7-11,14-16H,1,12-13H2,2-6H3,(H,29,36)(H,31,37)(H,28,30,32). The molecule has 0 aliphatic rings. The molecule has 0 aliphatic heterocycles. The van der Waals surface area contributed by atoms with Gasteiger partial charge in [0, 0.05) is 38.5 Å². The summed E-state index contributed by atoms with van der Waals surface area (Å²) in [6.07, 6.45) is 2.79. The van der Waals surface area contributed by atoms with E-state index in [9.17, 15) is 9.59 Å². The fourth-order valence-corrected chi connectivity index (χ4v) is 4.01. The van der Waals surface area contributed by atoms with E-state index in [1.54, 1.807) is 25.4 Å². The number of aromatic nitrogens is 4. The number of methoxy groups -OCH3 is 1. The number of carbonyl (C=O) groups is 1. The summed E-state index contributed by atoms with van der Waals surface area (Å²) < 4.78 is 7.16. The molecule has 4 aromatic rings. The summed E-state index contributed by atoms with van der Waals surface area (Å²) in [5.41, 5.74) is 4.06. The monoisotopic (exact) mass is 516 g/mol. The second kappa shape index (κ2) is 11.2. The average molecular weight is 517 g/mol. The molecule has 0 saturated carbocycles. The van der Waals surface area contributed by atoms with Crippen LogP contribution >= 0.6 is 0 Å². The Bertz CT molecular complexity index is 1540. The van der Waals surface area contributed by atoms with Crippen molar-refractivity contribution in [3.8, 4) is 11.6 Å². The number of rotatable bonds is 10. The van der Waals surface area contributed by atoms with Gasteiger partial charge in [-0.05, 0) is 50.9 Å². The normalized spacial score (nSPS) is 11.0. The van der Waals surface area contributed by atoms with Gasteiger partial charge in [0.25, 0.3) is 0 Å². The quantitative estimate of drug-likeness (QED) is 0.275.